The summed E-state index contributed by atoms with van der Waals surface area (Å²) in [6.45, 7) is 6.03. The molecule has 1 aromatic carbocycles. The van der Waals surface area contributed by atoms with Crippen molar-refractivity contribution in [3.63, 3.8) is 0 Å². The molecule has 4 nitrogen and oxygen atoms in total. The molecule has 3 fully saturated rings. The van der Waals surface area contributed by atoms with Gasteiger partial charge >= 0.3 is 5.97 Å². The first-order valence-corrected chi connectivity index (χ1v) is 14.2. The molecule has 0 aromatic heterocycles. The third-order valence-corrected chi connectivity index (χ3v) is 8.66. The molecule has 0 bridgehead atoms. The molecule has 0 unspecified atom stereocenters. The summed E-state index contributed by atoms with van der Waals surface area (Å²) in [5.41, 5.74) is 0.989. The Bertz CT molecular complexity index is 721. The fourth-order valence-corrected chi connectivity index (χ4v) is 6.47. The van der Waals surface area contributed by atoms with Gasteiger partial charge in [-0.3, -0.25) is 4.79 Å². The minimum absolute atomic E-state index is 0.0532. The van der Waals surface area contributed by atoms with Crippen LogP contribution in [-0.2, 0) is 14.3 Å². The second kappa shape index (κ2) is 13.1. The molecule has 1 aliphatic heterocycles. The number of ether oxygens (including phenoxy) is 3. The van der Waals surface area contributed by atoms with Crippen molar-refractivity contribution in [2.45, 2.75) is 104 Å². The topological polar surface area (TPSA) is 44.8 Å². The lowest BCUT2D eigenvalue weighted by Gasteiger charge is -2.37. The Morgan fingerprint density at radius 2 is 1.41 bits per heavy atom. The van der Waals surface area contributed by atoms with Gasteiger partial charge in [0.15, 0.2) is 6.29 Å². The molecule has 2 saturated carbocycles. The second-order valence-corrected chi connectivity index (χ2v) is 11.2. The highest BCUT2D eigenvalue weighted by atomic mass is 16.7. The number of carbonyl (C=O) groups is 1. The van der Waals surface area contributed by atoms with Crippen LogP contribution in [0.25, 0.3) is 0 Å². The highest BCUT2D eigenvalue weighted by molar-refractivity contribution is 5.75. The van der Waals surface area contributed by atoms with E-state index in [0.29, 0.717) is 11.7 Å². The van der Waals surface area contributed by atoms with E-state index in [1.807, 2.05) is 24.3 Å². The minimum atomic E-state index is -0.310. The summed E-state index contributed by atoms with van der Waals surface area (Å²) in [6, 6.07) is 7.68. The smallest absolute Gasteiger partial charge is 0.314 e. The SMILES string of the molecule is CCCCC1COC(c2ccc(OC(=O)C3CCC(C4CCC(CCC)CC4)CC3)cc2)OC1. The van der Waals surface area contributed by atoms with E-state index in [4.69, 9.17) is 14.2 Å². The van der Waals surface area contributed by atoms with Crippen molar-refractivity contribution in [3.05, 3.63) is 29.8 Å². The Morgan fingerprint density at radius 3 is 2.00 bits per heavy atom. The standard InChI is InChI=1S/C30H46O4/c1-3-5-7-23-20-32-30(33-21-23)27-16-18-28(19-17-27)34-29(31)26-14-12-25(13-15-26)24-10-8-22(6-4-2)9-11-24/h16-19,22-26,30H,3-15,20-21H2,1-2H3. The molecule has 1 saturated heterocycles. The molecular weight excluding hydrogens is 424 g/mol. The van der Waals surface area contributed by atoms with Crippen molar-refractivity contribution < 1.29 is 19.0 Å². The van der Waals surface area contributed by atoms with E-state index in [-0.39, 0.29) is 18.2 Å². The number of hydrogen-bond donors (Lipinski definition) is 0. The lowest BCUT2D eigenvalue weighted by molar-refractivity contribution is -0.206. The monoisotopic (exact) mass is 470 g/mol. The lowest BCUT2D eigenvalue weighted by atomic mass is 9.69. The summed E-state index contributed by atoms with van der Waals surface area (Å²) in [6.07, 6.45) is 16.0. The van der Waals surface area contributed by atoms with Gasteiger partial charge in [-0.25, -0.2) is 0 Å². The van der Waals surface area contributed by atoms with Crippen LogP contribution in [0.15, 0.2) is 24.3 Å². The quantitative estimate of drug-likeness (QED) is 0.272. The van der Waals surface area contributed by atoms with Crippen LogP contribution in [0.5, 0.6) is 5.75 Å². The van der Waals surface area contributed by atoms with Crippen LogP contribution in [0.3, 0.4) is 0 Å². The third-order valence-electron chi connectivity index (χ3n) is 8.66. The molecule has 0 amide bonds. The molecule has 1 aromatic rings. The summed E-state index contributed by atoms with van der Waals surface area (Å²) in [7, 11) is 0. The summed E-state index contributed by atoms with van der Waals surface area (Å²) in [5, 5.41) is 0. The van der Waals surface area contributed by atoms with Crippen molar-refractivity contribution in [1.82, 2.24) is 0 Å². The molecule has 0 N–H and O–H groups in total. The first-order valence-electron chi connectivity index (χ1n) is 14.2. The molecule has 4 rings (SSSR count). The molecule has 0 radical (unpaired) electrons. The van der Waals surface area contributed by atoms with Crippen LogP contribution in [0.2, 0.25) is 0 Å². The normalized spacial score (nSPS) is 32.3. The fourth-order valence-electron chi connectivity index (χ4n) is 6.47. The Morgan fingerprint density at radius 1 is 0.794 bits per heavy atom. The predicted octanol–water partition coefficient (Wildman–Crippen LogP) is 7.86. The van der Waals surface area contributed by atoms with E-state index in [2.05, 4.69) is 13.8 Å². The van der Waals surface area contributed by atoms with Crippen molar-refractivity contribution >= 4 is 5.97 Å². The Hall–Kier alpha value is -1.39. The van der Waals surface area contributed by atoms with Gasteiger partial charge in [0.25, 0.3) is 0 Å². The van der Waals surface area contributed by atoms with Gasteiger partial charge in [0, 0.05) is 11.5 Å². The first kappa shape index (κ1) is 25.7. The zero-order valence-corrected chi connectivity index (χ0v) is 21.5. The Kier molecular flexibility index (Phi) is 9.87. The molecule has 4 heteroatoms. The number of unbranched alkanes of at least 4 members (excludes halogenated alkanes) is 1. The second-order valence-electron chi connectivity index (χ2n) is 11.2. The highest BCUT2D eigenvalue weighted by Crippen LogP contribution is 2.42. The minimum Gasteiger partial charge on any atom is -0.426 e. The molecule has 3 aliphatic rings. The molecule has 190 valence electrons. The van der Waals surface area contributed by atoms with Gasteiger partial charge in [-0.1, -0.05) is 64.5 Å². The van der Waals surface area contributed by atoms with E-state index >= 15 is 0 Å². The highest BCUT2D eigenvalue weighted by Gasteiger charge is 2.33. The third kappa shape index (κ3) is 7.07. The number of esters is 1. The maximum Gasteiger partial charge on any atom is 0.314 e. The molecule has 2 aliphatic carbocycles. The van der Waals surface area contributed by atoms with E-state index in [9.17, 15) is 4.79 Å². The van der Waals surface area contributed by atoms with Gasteiger partial charge in [-0.2, -0.15) is 0 Å². The van der Waals surface area contributed by atoms with Crippen LogP contribution in [-0.4, -0.2) is 19.2 Å². The zero-order valence-electron chi connectivity index (χ0n) is 21.5. The Labute approximate surface area is 207 Å². The molecular formula is C30H46O4. The molecule has 0 spiro atoms. The largest absolute Gasteiger partial charge is 0.426 e. The van der Waals surface area contributed by atoms with Gasteiger partial charge in [-0.15, -0.1) is 0 Å². The molecule has 34 heavy (non-hydrogen) atoms. The van der Waals surface area contributed by atoms with Gasteiger partial charge in [0.2, 0.25) is 0 Å². The number of hydrogen-bond acceptors (Lipinski definition) is 4. The van der Waals surface area contributed by atoms with Crippen molar-refractivity contribution in [2.24, 2.45) is 29.6 Å². The van der Waals surface area contributed by atoms with Gasteiger partial charge in [0.05, 0.1) is 19.1 Å². The average Bonchev–Trinajstić information content (AvgIpc) is 2.89. The summed E-state index contributed by atoms with van der Waals surface area (Å²) >= 11 is 0. The number of carbonyl (C=O) groups excluding carboxylic acids is 1. The predicted molar refractivity (Wildman–Crippen MR) is 136 cm³/mol. The van der Waals surface area contributed by atoms with Crippen molar-refractivity contribution in [1.29, 1.82) is 0 Å². The van der Waals surface area contributed by atoms with Crippen LogP contribution < -0.4 is 4.74 Å². The summed E-state index contributed by atoms with van der Waals surface area (Å²) in [4.78, 5) is 12.8. The number of rotatable bonds is 9. The van der Waals surface area contributed by atoms with Crippen molar-refractivity contribution in [2.75, 3.05) is 13.2 Å². The fraction of sp³-hybridized carbons (Fsp3) is 0.767. The van der Waals surface area contributed by atoms with Crippen LogP contribution in [0.1, 0.15) is 109 Å². The molecule has 1 heterocycles. The van der Waals surface area contributed by atoms with Gasteiger partial charge < -0.3 is 14.2 Å². The maximum absolute atomic E-state index is 12.8. The van der Waals surface area contributed by atoms with Gasteiger partial charge in [-0.05, 0) is 74.8 Å². The van der Waals surface area contributed by atoms with E-state index in [1.165, 1.54) is 70.6 Å². The van der Waals surface area contributed by atoms with Crippen LogP contribution in [0.4, 0.5) is 0 Å². The summed E-state index contributed by atoms with van der Waals surface area (Å²) in [5.74, 6) is 3.81. The van der Waals surface area contributed by atoms with Crippen LogP contribution in [0, 0.1) is 29.6 Å². The van der Waals surface area contributed by atoms with E-state index < -0.39 is 0 Å². The van der Waals surface area contributed by atoms with Gasteiger partial charge in [0.1, 0.15) is 5.75 Å². The van der Waals surface area contributed by atoms with Crippen molar-refractivity contribution in [3.8, 4) is 5.75 Å². The van der Waals surface area contributed by atoms with E-state index in [1.54, 1.807) is 0 Å². The van der Waals surface area contributed by atoms with E-state index in [0.717, 1.165) is 49.4 Å². The average molecular weight is 471 g/mol. The Balaban J connectivity index is 1.18. The first-order chi connectivity index (χ1) is 16.7. The number of benzene rings is 1. The zero-order chi connectivity index (χ0) is 23.8. The molecule has 0 atom stereocenters. The van der Waals surface area contributed by atoms with Crippen LogP contribution >= 0.6 is 0 Å². The lowest BCUT2D eigenvalue weighted by Crippen LogP contribution is -2.30. The summed E-state index contributed by atoms with van der Waals surface area (Å²) < 4.78 is 17.6. The maximum atomic E-state index is 12.8.